The molecule has 0 amide bonds. The van der Waals surface area contributed by atoms with Crippen LogP contribution < -0.4 is 14.8 Å². The maximum atomic E-state index is 5.92. The predicted octanol–water partition coefficient (Wildman–Crippen LogP) is 3.27. The SMILES string of the molecule is COc1ccccc1-c1cccc2c1OCCNC2.Cl. The Labute approximate surface area is 125 Å². The highest BCUT2D eigenvalue weighted by atomic mass is 35.5. The van der Waals surface area contributed by atoms with Gasteiger partial charge in [0.25, 0.3) is 0 Å². The van der Waals surface area contributed by atoms with Crippen molar-refractivity contribution < 1.29 is 9.47 Å². The van der Waals surface area contributed by atoms with E-state index in [0.717, 1.165) is 35.7 Å². The summed E-state index contributed by atoms with van der Waals surface area (Å²) in [4.78, 5) is 0. The molecule has 0 aromatic heterocycles. The molecule has 1 aliphatic rings. The van der Waals surface area contributed by atoms with Crippen molar-refractivity contribution in [2.75, 3.05) is 20.3 Å². The molecule has 2 aromatic carbocycles. The van der Waals surface area contributed by atoms with Crippen LogP contribution in [0.4, 0.5) is 0 Å². The molecule has 0 fully saturated rings. The molecule has 0 unspecified atom stereocenters. The van der Waals surface area contributed by atoms with Crippen LogP contribution in [0.15, 0.2) is 42.5 Å². The van der Waals surface area contributed by atoms with E-state index in [4.69, 9.17) is 9.47 Å². The number of nitrogens with one attached hydrogen (secondary N) is 1. The molecule has 0 saturated carbocycles. The van der Waals surface area contributed by atoms with E-state index in [9.17, 15) is 0 Å². The summed E-state index contributed by atoms with van der Waals surface area (Å²) in [7, 11) is 1.70. The zero-order chi connectivity index (χ0) is 13.1. The molecule has 4 heteroatoms. The number of ether oxygens (including phenoxy) is 2. The first-order valence-corrected chi connectivity index (χ1v) is 6.49. The van der Waals surface area contributed by atoms with E-state index >= 15 is 0 Å². The average molecular weight is 292 g/mol. The molecule has 0 bridgehead atoms. The summed E-state index contributed by atoms with van der Waals surface area (Å²) >= 11 is 0. The summed E-state index contributed by atoms with van der Waals surface area (Å²) in [5.74, 6) is 1.84. The highest BCUT2D eigenvalue weighted by molar-refractivity contribution is 5.85. The number of halogens is 1. The van der Waals surface area contributed by atoms with Crippen LogP contribution in [0.5, 0.6) is 11.5 Å². The lowest BCUT2D eigenvalue weighted by Crippen LogP contribution is -2.16. The fourth-order valence-electron chi connectivity index (χ4n) is 2.42. The second kappa shape index (κ2) is 6.64. The maximum absolute atomic E-state index is 5.92. The third-order valence-electron chi connectivity index (χ3n) is 3.33. The predicted molar refractivity (Wildman–Crippen MR) is 82.9 cm³/mol. The first-order chi connectivity index (χ1) is 9.40. The summed E-state index contributed by atoms with van der Waals surface area (Å²) in [5, 5.41) is 3.35. The van der Waals surface area contributed by atoms with E-state index in [2.05, 4.69) is 29.6 Å². The molecule has 1 heterocycles. The molecule has 0 radical (unpaired) electrons. The van der Waals surface area contributed by atoms with Crippen LogP contribution in [-0.4, -0.2) is 20.3 Å². The second-order valence-corrected chi connectivity index (χ2v) is 4.52. The molecule has 1 aliphatic heterocycles. The van der Waals surface area contributed by atoms with Gasteiger partial charge in [-0.2, -0.15) is 0 Å². The van der Waals surface area contributed by atoms with Gasteiger partial charge in [0, 0.05) is 29.8 Å². The Morgan fingerprint density at radius 2 is 1.85 bits per heavy atom. The monoisotopic (exact) mass is 291 g/mol. The first kappa shape index (κ1) is 14.7. The Balaban J connectivity index is 0.00000147. The Bertz CT molecular complexity index is 586. The topological polar surface area (TPSA) is 30.5 Å². The van der Waals surface area contributed by atoms with Crippen molar-refractivity contribution in [1.82, 2.24) is 5.32 Å². The summed E-state index contributed by atoms with van der Waals surface area (Å²) in [6.45, 7) is 2.41. The Morgan fingerprint density at radius 1 is 1.05 bits per heavy atom. The number of fused-ring (bicyclic) bond motifs is 1. The van der Waals surface area contributed by atoms with Crippen LogP contribution in [-0.2, 0) is 6.54 Å². The normalized spacial score (nSPS) is 13.4. The van der Waals surface area contributed by atoms with Crippen LogP contribution in [0.2, 0.25) is 0 Å². The molecule has 0 aliphatic carbocycles. The van der Waals surface area contributed by atoms with E-state index in [1.807, 2.05) is 18.2 Å². The van der Waals surface area contributed by atoms with Crippen molar-refractivity contribution in [3.05, 3.63) is 48.0 Å². The Kier molecular flexibility index (Phi) is 4.88. The molecule has 0 saturated heterocycles. The van der Waals surface area contributed by atoms with Gasteiger partial charge in [-0.05, 0) is 6.07 Å². The molecule has 0 spiro atoms. The molecule has 3 rings (SSSR count). The van der Waals surface area contributed by atoms with Gasteiger partial charge < -0.3 is 14.8 Å². The molecule has 2 aromatic rings. The van der Waals surface area contributed by atoms with E-state index in [0.29, 0.717) is 6.61 Å². The Morgan fingerprint density at radius 3 is 2.70 bits per heavy atom. The van der Waals surface area contributed by atoms with E-state index in [-0.39, 0.29) is 12.4 Å². The molecule has 1 N–H and O–H groups in total. The van der Waals surface area contributed by atoms with Crippen molar-refractivity contribution in [3.63, 3.8) is 0 Å². The van der Waals surface area contributed by atoms with Gasteiger partial charge in [0.15, 0.2) is 0 Å². The summed E-state index contributed by atoms with van der Waals surface area (Å²) in [6, 6.07) is 14.3. The van der Waals surface area contributed by atoms with Crippen molar-refractivity contribution in [3.8, 4) is 22.6 Å². The molecule has 106 valence electrons. The minimum absolute atomic E-state index is 0. The molecule has 20 heavy (non-hydrogen) atoms. The van der Waals surface area contributed by atoms with Crippen LogP contribution >= 0.6 is 12.4 Å². The van der Waals surface area contributed by atoms with Gasteiger partial charge in [0.05, 0.1) is 7.11 Å². The van der Waals surface area contributed by atoms with Crippen molar-refractivity contribution in [2.45, 2.75) is 6.54 Å². The number of hydrogen-bond donors (Lipinski definition) is 1. The van der Waals surface area contributed by atoms with Crippen LogP contribution in [0.1, 0.15) is 5.56 Å². The van der Waals surface area contributed by atoms with Gasteiger partial charge in [-0.25, -0.2) is 0 Å². The smallest absolute Gasteiger partial charge is 0.131 e. The minimum atomic E-state index is 0. The van der Waals surface area contributed by atoms with E-state index < -0.39 is 0 Å². The van der Waals surface area contributed by atoms with Gasteiger partial charge >= 0.3 is 0 Å². The maximum Gasteiger partial charge on any atom is 0.131 e. The van der Waals surface area contributed by atoms with Crippen molar-refractivity contribution in [1.29, 1.82) is 0 Å². The van der Waals surface area contributed by atoms with Gasteiger partial charge in [0.2, 0.25) is 0 Å². The molecule has 3 nitrogen and oxygen atoms in total. The summed E-state index contributed by atoms with van der Waals surface area (Å²) < 4.78 is 11.4. The van der Waals surface area contributed by atoms with Gasteiger partial charge in [-0.1, -0.05) is 36.4 Å². The van der Waals surface area contributed by atoms with E-state index in [1.54, 1.807) is 7.11 Å². The fourth-order valence-corrected chi connectivity index (χ4v) is 2.42. The van der Waals surface area contributed by atoms with Crippen LogP contribution in [0.3, 0.4) is 0 Å². The Hall–Kier alpha value is -1.71. The number of methoxy groups -OCH3 is 1. The number of hydrogen-bond acceptors (Lipinski definition) is 3. The number of rotatable bonds is 2. The molecule has 0 atom stereocenters. The lowest BCUT2D eigenvalue weighted by atomic mass is 10.0. The molecular weight excluding hydrogens is 274 g/mol. The first-order valence-electron chi connectivity index (χ1n) is 6.49. The van der Waals surface area contributed by atoms with Gasteiger partial charge in [0.1, 0.15) is 18.1 Å². The quantitative estimate of drug-likeness (QED) is 0.921. The fraction of sp³-hybridized carbons (Fsp3) is 0.250. The number of para-hydroxylation sites is 2. The number of benzene rings is 2. The van der Waals surface area contributed by atoms with Gasteiger partial charge in [-0.3, -0.25) is 0 Å². The zero-order valence-electron chi connectivity index (χ0n) is 11.4. The zero-order valence-corrected chi connectivity index (χ0v) is 12.2. The summed E-state index contributed by atoms with van der Waals surface area (Å²) in [5.41, 5.74) is 3.36. The van der Waals surface area contributed by atoms with E-state index in [1.165, 1.54) is 5.56 Å². The summed E-state index contributed by atoms with van der Waals surface area (Å²) in [6.07, 6.45) is 0. The average Bonchev–Trinajstić information content (AvgIpc) is 2.72. The standard InChI is InChI=1S/C16H17NO2.ClH/c1-18-15-8-3-2-6-13(15)14-7-4-5-12-11-17-9-10-19-16(12)14;/h2-8,17H,9-11H2,1H3;1H. The van der Waals surface area contributed by atoms with Gasteiger partial charge in [-0.15, -0.1) is 12.4 Å². The van der Waals surface area contributed by atoms with Crippen LogP contribution in [0, 0.1) is 0 Å². The third kappa shape index (κ3) is 2.74. The lowest BCUT2D eigenvalue weighted by molar-refractivity contribution is 0.326. The lowest BCUT2D eigenvalue weighted by Gasteiger charge is -2.15. The highest BCUT2D eigenvalue weighted by Gasteiger charge is 2.16. The second-order valence-electron chi connectivity index (χ2n) is 4.52. The minimum Gasteiger partial charge on any atom is -0.496 e. The van der Waals surface area contributed by atoms with Crippen molar-refractivity contribution >= 4 is 12.4 Å². The third-order valence-corrected chi connectivity index (χ3v) is 3.33. The molecular formula is C16H18ClNO2. The van der Waals surface area contributed by atoms with Crippen LogP contribution in [0.25, 0.3) is 11.1 Å². The highest BCUT2D eigenvalue weighted by Crippen LogP contribution is 2.38. The van der Waals surface area contributed by atoms with Crippen molar-refractivity contribution in [2.24, 2.45) is 0 Å². The largest absolute Gasteiger partial charge is 0.496 e.